The Kier molecular flexibility index (Phi) is 5.99. The van der Waals surface area contributed by atoms with Gasteiger partial charge >= 0.3 is 0 Å². The summed E-state index contributed by atoms with van der Waals surface area (Å²) in [5.74, 6) is -0.333. The van der Waals surface area contributed by atoms with Crippen LogP contribution >= 0.6 is 0 Å². The average molecular weight is 355 g/mol. The molecule has 1 atom stereocenters. The third kappa shape index (κ3) is 4.67. The summed E-state index contributed by atoms with van der Waals surface area (Å²) in [6, 6.07) is 10.3. The molecule has 3 rings (SSSR count). The van der Waals surface area contributed by atoms with Gasteiger partial charge in [-0.3, -0.25) is 14.7 Å². The minimum Gasteiger partial charge on any atom is -0.350 e. The van der Waals surface area contributed by atoms with Crippen LogP contribution in [-0.2, 0) is 0 Å². The predicted molar refractivity (Wildman–Crippen MR) is 101 cm³/mol. The molecule has 1 amide bonds. The number of halogens is 1. The van der Waals surface area contributed by atoms with Crippen LogP contribution in [0.4, 0.5) is 4.39 Å². The van der Waals surface area contributed by atoms with Crippen LogP contribution in [0.5, 0.6) is 0 Å². The molecule has 0 unspecified atom stereocenters. The van der Waals surface area contributed by atoms with E-state index in [-0.39, 0.29) is 17.8 Å². The van der Waals surface area contributed by atoms with Gasteiger partial charge in [-0.05, 0) is 69.6 Å². The number of carbonyl (C=O) groups excluding carboxylic acids is 1. The molecule has 1 saturated heterocycles. The van der Waals surface area contributed by atoms with E-state index in [0.717, 1.165) is 42.9 Å². The summed E-state index contributed by atoms with van der Waals surface area (Å²) < 4.78 is 13.3. The normalized spacial score (nSPS) is 16.3. The molecule has 0 radical (unpaired) electrons. The van der Waals surface area contributed by atoms with Crippen molar-refractivity contribution in [3.05, 3.63) is 64.7 Å². The molecule has 1 N–H and O–H groups in total. The summed E-state index contributed by atoms with van der Waals surface area (Å²) in [4.78, 5) is 19.3. The van der Waals surface area contributed by atoms with Crippen LogP contribution in [0, 0.1) is 19.7 Å². The number of amides is 1. The third-order valence-electron chi connectivity index (χ3n) is 4.89. The van der Waals surface area contributed by atoms with E-state index in [2.05, 4.69) is 15.2 Å². The molecular formula is C21H26FN3O. The number of nitrogens with zero attached hydrogens (tertiary/aromatic N) is 2. The molecule has 4 nitrogen and oxygen atoms in total. The smallest absolute Gasteiger partial charge is 0.251 e. The quantitative estimate of drug-likeness (QED) is 0.887. The third-order valence-corrected chi connectivity index (χ3v) is 4.89. The number of hydrogen-bond donors (Lipinski definition) is 1. The SMILES string of the molecule is Cc1cc(C(=O)NC[C@H](c2ccc(F)cc2)N2CCCCC2)cc(C)n1. The molecule has 1 aliphatic heterocycles. The zero-order chi connectivity index (χ0) is 18.5. The van der Waals surface area contributed by atoms with Gasteiger partial charge in [0.05, 0.1) is 6.04 Å². The number of hydrogen-bond acceptors (Lipinski definition) is 3. The van der Waals surface area contributed by atoms with Gasteiger partial charge in [0.2, 0.25) is 0 Å². The zero-order valence-electron chi connectivity index (χ0n) is 15.5. The highest BCUT2D eigenvalue weighted by Gasteiger charge is 2.23. The molecule has 2 heterocycles. The van der Waals surface area contributed by atoms with Crippen LogP contribution in [0.2, 0.25) is 0 Å². The molecule has 1 fully saturated rings. The number of piperidine rings is 1. The molecule has 0 bridgehead atoms. The van der Waals surface area contributed by atoms with Crippen LogP contribution < -0.4 is 5.32 Å². The summed E-state index contributed by atoms with van der Waals surface area (Å²) in [7, 11) is 0. The molecular weight excluding hydrogens is 329 g/mol. The van der Waals surface area contributed by atoms with Gasteiger partial charge in [0.25, 0.3) is 5.91 Å². The number of carbonyl (C=O) groups is 1. The first kappa shape index (κ1) is 18.5. The number of aryl methyl sites for hydroxylation is 2. The summed E-state index contributed by atoms with van der Waals surface area (Å²) in [5, 5.41) is 3.06. The maximum atomic E-state index is 13.3. The van der Waals surface area contributed by atoms with E-state index in [1.165, 1.54) is 18.6 Å². The second kappa shape index (κ2) is 8.41. The topological polar surface area (TPSA) is 45.2 Å². The molecule has 138 valence electrons. The van der Waals surface area contributed by atoms with Crippen molar-refractivity contribution in [2.45, 2.75) is 39.2 Å². The highest BCUT2D eigenvalue weighted by Crippen LogP contribution is 2.24. The second-order valence-electron chi connectivity index (χ2n) is 7.01. The largest absolute Gasteiger partial charge is 0.350 e. The Labute approximate surface area is 154 Å². The van der Waals surface area contributed by atoms with Crippen molar-refractivity contribution < 1.29 is 9.18 Å². The summed E-state index contributed by atoms with van der Waals surface area (Å²) in [5.41, 5.74) is 3.34. The van der Waals surface area contributed by atoms with Crippen LogP contribution in [0.1, 0.15) is 52.6 Å². The predicted octanol–water partition coefficient (Wildman–Crippen LogP) is 3.79. The van der Waals surface area contributed by atoms with Crippen molar-refractivity contribution in [2.75, 3.05) is 19.6 Å². The van der Waals surface area contributed by atoms with Gasteiger partial charge in [-0.15, -0.1) is 0 Å². The van der Waals surface area contributed by atoms with Crippen LogP contribution in [0.25, 0.3) is 0 Å². The van der Waals surface area contributed by atoms with E-state index in [4.69, 9.17) is 0 Å². The Bertz CT molecular complexity index is 734. The monoisotopic (exact) mass is 355 g/mol. The van der Waals surface area contributed by atoms with Gasteiger partial charge in [-0.25, -0.2) is 4.39 Å². The van der Waals surface area contributed by atoms with Crippen molar-refractivity contribution in [2.24, 2.45) is 0 Å². The molecule has 1 aliphatic rings. The van der Waals surface area contributed by atoms with E-state index in [0.29, 0.717) is 12.1 Å². The molecule has 2 aromatic rings. The Morgan fingerprint density at radius 2 is 1.73 bits per heavy atom. The fourth-order valence-electron chi connectivity index (χ4n) is 3.63. The van der Waals surface area contributed by atoms with E-state index in [1.54, 1.807) is 12.1 Å². The summed E-state index contributed by atoms with van der Waals surface area (Å²) in [6.07, 6.45) is 3.57. The average Bonchev–Trinajstić information content (AvgIpc) is 2.63. The minimum atomic E-state index is -0.238. The number of rotatable bonds is 5. The molecule has 0 spiro atoms. The van der Waals surface area contributed by atoms with Gasteiger partial charge in [-0.1, -0.05) is 18.6 Å². The van der Waals surface area contributed by atoms with Gasteiger partial charge in [0, 0.05) is 23.5 Å². The van der Waals surface area contributed by atoms with Crippen molar-refractivity contribution in [1.29, 1.82) is 0 Å². The first-order valence-electron chi connectivity index (χ1n) is 9.26. The maximum absolute atomic E-state index is 13.3. The second-order valence-corrected chi connectivity index (χ2v) is 7.01. The highest BCUT2D eigenvalue weighted by atomic mass is 19.1. The summed E-state index contributed by atoms with van der Waals surface area (Å²) in [6.45, 7) is 6.29. The molecule has 5 heteroatoms. The highest BCUT2D eigenvalue weighted by molar-refractivity contribution is 5.94. The van der Waals surface area contributed by atoms with Gasteiger partial charge in [-0.2, -0.15) is 0 Å². The van der Waals surface area contributed by atoms with E-state index >= 15 is 0 Å². The number of benzene rings is 1. The first-order chi connectivity index (χ1) is 12.5. The van der Waals surface area contributed by atoms with Crippen molar-refractivity contribution in [3.63, 3.8) is 0 Å². The maximum Gasteiger partial charge on any atom is 0.251 e. The van der Waals surface area contributed by atoms with Crippen molar-refractivity contribution in [3.8, 4) is 0 Å². The van der Waals surface area contributed by atoms with Crippen molar-refractivity contribution in [1.82, 2.24) is 15.2 Å². The Hall–Kier alpha value is -2.27. The van der Waals surface area contributed by atoms with Gasteiger partial charge in [0.1, 0.15) is 5.82 Å². The molecule has 1 aromatic carbocycles. The minimum absolute atomic E-state index is 0.0591. The Balaban J connectivity index is 1.74. The number of pyridine rings is 1. The first-order valence-corrected chi connectivity index (χ1v) is 9.26. The molecule has 0 aliphatic carbocycles. The fraction of sp³-hybridized carbons (Fsp3) is 0.429. The van der Waals surface area contributed by atoms with E-state index in [1.807, 2.05) is 26.0 Å². The van der Waals surface area contributed by atoms with E-state index < -0.39 is 0 Å². The number of nitrogens with one attached hydrogen (secondary N) is 1. The molecule has 0 saturated carbocycles. The van der Waals surface area contributed by atoms with Crippen molar-refractivity contribution >= 4 is 5.91 Å². The molecule has 26 heavy (non-hydrogen) atoms. The lowest BCUT2D eigenvalue weighted by molar-refractivity contribution is 0.0924. The van der Waals surface area contributed by atoms with Crippen LogP contribution in [-0.4, -0.2) is 35.4 Å². The fourth-order valence-corrected chi connectivity index (χ4v) is 3.63. The number of likely N-dealkylation sites (tertiary alicyclic amines) is 1. The standard InChI is InChI=1S/C21H26FN3O/c1-15-12-18(13-16(2)24-15)21(26)23-14-20(25-10-4-3-5-11-25)17-6-8-19(22)9-7-17/h6-9,12-13,20H,3-5,10-11,14H2,1-2H3,(H,23,26)/t20-/m1/s1. The van der Waals surface area contributed by atoms with Gasteiger partial charge in [0.15, 0.2) is 0 Å². The Morgan fingerprint density at radius 1 is 1.12 bits per heavy atom. The van der Waals surface area contributed by atoms with Crippen LogP contribution in [0.15, 0.2) is 36.4 Å². The lowest BCUT2D eigenvalue weighted by atomic mass is 10.0. The zero-order valence-corrected chi connectivity index (χ0v) is 15.5. The lowest BCUT2D eigenvalue weighted by Crippen LogP contribution is -2.40. The van der Waals surface area contributed by atoms with Gasteiger partial charge < -0.3 is 5.32 Å². The number of aromatic nitrogens is 1. The van der Waals surface area contributed by atoms with Crippen LogP contribution in [0.3, 0.4) is 0 Å². The Morgan fingerprint density at radius 3 is 2.35 bits per heavy atom. The molecule has 1 aromatic heterocycles. The van der Waals surface area contributed by atoms with E-state index in [9.17, 15) is 9.18 Å². The summed E-state index contributed by atoms with van der Waals surface area (Å²) >= 11 is 0. The lowest BCUT2D eigenvalue weighted by Gasteiger charge is -2.35.